The van der Waals surface area contributed by atoms with Crippen molar-refractivity contribution in [2.75, 3.05) is 5.75 Å². The number of carbonyl (C=O) groups is 1. The molecule has 0 radical (unpaired) electrons. The number of carboxylic acids is 1. The molecular formula is C13H13BrClN3O2S. The summed E-state index contributed by atoms with van der Waals surface area (Å²) < 4.78 is 2.68. The Balaban J connectivity index is 2.52. The molecule has 0 aliphatic heterocycles. The number of nitrogens with zero attached hydrogens (tertiary/aromatic N) is 3. The van der Waals surface area contributed by atoms with Crippen molar-refractivity contribution in [1.29, 1.82) is 0 Å². The van der Waals surface area contributed by atoms with Crippen LogP contribution in [0, 0.1) is 0 Å². The largest absolute Gasteiger partial charge is 0.481 e. The highest BCUT2D eigenvalue weighted by molar-refractivity contribution is 9.10. The van der Waals surface area contributed by atoms with Gasteiger partial charge in [0, 0.05) is 10.4 Å². The molecule has 0 saturated heterocycles. The minimum atomic E-state index is -0.900. The fourth-order valence-electron chi connectivity index (χ4n) is 1.76. The van der Waals surface area contributed by atoms with E-state index in [-0.39, 0.29) is 11.7 Å². The third-order valence-corrected chi connectivity index (χ3v) is 4.36. The molecule has 0 fully saturated rings. The van der Waals surface area contributed by atoms with E-state index in [1.165, 1.54) is 0 Å². The van der Waals surface area contributed by atoms with E-state index in [9.17, 15) is 4.79 Å². The third kappa shape index (κ3) is 3.78. The van der Waals surface area contributed by atoms with Crippen molar-refractivity contribution in [2.45, 2.75) is 24.9 Å². The average Bonchev–Trinajstić information content (AvgIpc) is 2.80. The number of hydrogen-bond donors (Lipinski definition) is 1. The van der Waals surface area contributed by atoms with E-state index >= 15 is 0 Å². The molecule has 0 aliphatic rings. The molecular weight excluding hydrogens is 378 g/mol. The van der Waals surface area contributed by atoms with E-state index in [1.807, 2.05) is 30.5 Å². The number of aromatic nitrogens is 3. The fraction of sp³-hybridized carbons (Fsp3) is 0.308. The first-order valence-electron chi connectivity index (χ1n) is 6.15. The first-order valence-corrected chi connectivity index (χ1v) is 8.31. The first-order chi connectivity index (χ1) is 9.90. The van der Waals surface area contributed by atoms with E-state index in [0.29, 0.717) is 10.2 Å². The first kappa shape index (κ1) is 16.3. The highest BCUT2D eigenvalue weighted by atomic mass is 79.9. The van der Waals surface area contributed by atoms with Gasteiger partial charge in [-0.2, -0.15) is 0 Å². The summed E-state index contributed by atoms with van der Waals surface area (Å²) in [4.78, 5) is 10.8. The van der Waals surface area contributed by atoms with E-state index in [0.717, 1.165) is 27.7 Å². The van der Waals surface area contributed by atoms with Crippen LogP contribution < -0.4 is 0 Å². The van der Waals surface area contributed by atoms with Gasteiger partial charge in [-0.25, -0.2) is 0 Å². The van der Waals surface area contributed by atoms with Gasteiger partial charge in [0.2, 0.25) is 0 Å². The maximum atomic E-state index is 10.8. The van der Waals surface area contributed by atoms with E-state index in [2.05, 4.69) is 26.1 Å². The summed E-state index contributed by atoms with van der Waals surface area (Å²) in [6, 6.07) is 5.51. The lowest BCUT2D eigenvalue weighted by Crippen LogP contribution is -2.06. The lowest BCUT2D eigenvalue weighted by Gasteiger charge is -2.13. The van der Waals surface area contributed by atoms with Gasteiger partial charge in [-0.05, 0) is 18.2 Å². The number of halogens is 2. The van der Waals surface area contributed by atoms with Crippen LogP contribution in [0.25, 0.3) is 5.69 Å². The third-order valence-electron chi connectivity index (χ3n) is 2.65. The zero-order valence-corrected chi connectivity index (χ0v) is 14.5. The van der Waals surface area contributed by atoms with Crippen molar-refractivity contribution in [3.8, 4) is 5.69 Å². The Morgan fingerprint density at radius 1 is 1.48 bits per heavy atom. The summed E-state index contributed by atoms with van der Waals surface area (Å²) in [5, 5.41) is 18.2. The summed E-state index contributed by atoms with van der Waals surface area (Å²) in [6.07, 6.45) is 0. The summed E-state index contributed by atoms with van der Waals surface area (Å²) in [7, 11) is 0. The maximum Gasteiger partial charge on any atom is 0.313 e. The number of thioether (sulfide) groups is 1. The summed E-state index contributed by atoms with van der Waals surface area (Å²) in [5.74, 6) is -0.101. The Hall–Kier alpha value is -1.05. The second-order valence-electron chi connectivity index (χ2n) is 4.61. The standard InChI is InChI=1S/C13H13BrClN3O2S/c1-7(2)12-16-17-13(21-6-11(19)20)18(12)10-4-3-8(14)5-9(10)15/h3-5,7H,6H2,1-2H3,(H,19,20). The summed E-state index contributed by atoms with van der Waals surface area (Å²) in [5.41, 5.74) is 0.737. The van der Waals surface area contributed by atoms with Crippen LogP contribution in [-0.2, 0) is 4.79 Å². The van der Waals surface area contributed by atoms with Gasteiger partial charge < -0.3 is 5.11 Å². The molecule has 0 bridgehead atoms. The SMILES string of the molecule is CC(C)c1nnc(SCC(=O)O)n1-c1ccc(Br)cc1Cl. The van der Waals surface area contributed by atoms with E-state index in [1.54, 1.807) is 6.07 Å². The number of carboxylic acid groups (broad SMARTS) is 1. The highest BCUT2D eigenvalue weighted by Gasteiger charge is 2.19. The molecule has 0 atom stereocenters. The van der Waals surface area contributed by atoms with Crippen molar-refractivity contribution >= 4 is 45.3 Å². The number of aliphatic carboxylic acids is 1. The highest BCUT2D eigenvalue weighted by Crippen LogP contribution is 2.31. The fourth-order valence-corrected chi connectivity index (χ4v) is 3.19. The zero-order chi connectivity index (χ0) is 15.6. The van der Waals surface area contributed by atoms with Crippen molar-refractivity contribution in [2.24, 2.45) is 0 Å². The molecule has 1 N–H and O–H groups in total. The van der Waals surface area contributed by atoms with E-state index < -0.39 is 5.97 Å². The van der Waals surface area contributed by atoms with Crippen LogP contribution in [0.3, 0.4) is 0 Å². The van der Waals surface area contributed by atoms with Gasteiger partial charge in [-0.3, -0.25) is 9.36 Å². The van der Waals surface area contributed by atoms with Gasteiger partial charge in [0.05, 0.1) is 16.5 Å². The normalized spacial score (nSPS) is 11.1. The van der Waals surface area contributed by atoms with Crippen molar-refractivity contribution in [3.05, 3.63) is 33.5 Å². The molecule has 112 valence electrons. The molecule has 0 amide bonds. The lowest BCUT2D eigenvalue weighted by molar-refractivity contribution is -0.133. The van der Waals surface area contributed by atoms with Crippen molar-refractivity contribution in [3.63, 3.8) is 0 Å². The number of hydrogen-bond acceptors (Lipinski definition) is 4. The molecule has 0 aliphatic carbocycles. The maximum absolute atomic E-state index is 10.8. The minimum absolute atomic E-state index is 0.0790. The molecule has 0 unspecified atom stereocenters. The molecule has 8 heteroatoms. The Bertz CT molecular complexity index is 675. The average molecular weight is 391 g/mol. The van der Waals surface area contributed by atoms with E-state index in [4.69, 9.17) is 16.7 Å². The number of benzene rings is 1. The van der Waals surface area contributed by atoms with Crippen LogP contribution in [0.1, 0.15) is 25.6 Å². The molecule has 2 rings (SSSR count). The van der Waals surface area contributed by atoms with Crippen LogP contribution in [0.5, 0.6) is 0 Å². The van der Waals surface area contributed by atoms with Crippen molar-refractivity contribution in [1.82, 2.24) is 14.8 Å². The second kappa shape index (κ2) is 6.81. The predicted octanol–water partition coefficient (Wildman–Crippen LogP) is 3.98. The monoisotopic (exact) mass is 389 g/mol. The topological polar surface area (TPSA) is 68.0 Å². The van der Waals surface area contributed by atoms with Gasteiger partial charge in [0.25, 0.3) is 0 Å². The van der Waals surface area contributed by atoms with Gasteiger partial charge in [0.1, 0.15) is 5.82 Å². The zero-order valence-electron chi connectivity index (χ0n) is 11.4. The van der Waals surface area contributed by atoms with Crippen LogP contribution in [0.4, 0.5) is 0 Å². The van der Waals surface area contributed by atoms with Gasteiger partial charge in [0.15, 0.2) is 5.16 Å². The van der Waals surface area contributed by atoms with Crippen LogP contribution >= 0.6 is 39.3 Å². The van der Waals surface area contributed by atoms with Gasteiger partial charge in [-0.15, -0.1) is 10.2 Å². The molecule has 1 aromatic carbocycles. The molecule has 2 aromatic rings. The Morgan fingerprint density at radius 2 is 2.19 bits per heavy atom. The van der Waals surface area contributed by atoms with Gasteiger partial charge >= 0.3 is 5.97 Å². The quantitative estimate of drug-likeness (QED) is 0.782. The minimum Gasteiger partial charge on any atom is -0.481 e. The van der Waals surface area contributed by atoms with Crippen LogP contribution in [-0.4, -0.2) is 31.6 Å². The number of rotatable bonds is 5. The molecule has 1 aromatic heterocycles. The lowest BCUT2D eigenvalue weighted by atomic mass is 10.2. The molecule has 5 nitrogen and oxygen atoms in total. The Kier molecular flexibility index (Phi) is 5.29. The Morgan fingerprint density at radius 3 is 2.76 bits per heavy atom. The Labute approximate surface area is 139 Å². The molecule has 0 saturated carbocycles. The summed E-state index contributed by atoms with van der Waals surface area (Å²) >= 11 is 10.8. The van der Waals surface area contributed by atoms with Gasteiger partial charge in [-0.1, -0.05) is 53.1 Å². The predicted molar refractivity (Wildman–Crippen MR) is 86.5 cm³/mol. The molecule has 21 heavy (non-hydrogen) atoms. The van der Waals surface area contributed by atoms with Crippen LogP contribution in [0.15, 0.2) is 27.8 Å². The molecule has 1 heterocycles. The smallest absolute Gasteiger partial charge is 0.313 e. The van der Waals surface area contributed by atoms with Crippen LogP contribution in [0.2, 0.25) is 5.02 Å². The second-order valence-corrected chi connectivity index (χ2v) is 6.87. The molecule has 0 spiro atoms. The summed E-state index contributed by atoms with van der Waals surface area (Å²) in [6.45, 7) is 4.00. The van der Waals surface area contributed by atoms with Crippen molar-refractivity contribution < 1.29 is 9.90 Å².